The zero-order valence-electron chi connectivity index (χ0n) is 11.3. The van der Waals surface area contributed by atoms with Crippen LogP contribution in [0.4, 0.5) is 0 Å². The molecule has 3 rings (SSSR count). The third kappa shape index (κ3) is 3.24. The van der Waals surface area contributed by atoms with Crippen LogP contribution < -0.4 is 5.32 Å². The summed E-state index contributed by atoms with van der Waals surface area (Å²) >= 11 is 1.67. The topological polar surface area (TPSA) is 42.0 Å². The molecule has 19 heavy (non-hydrogen) atoms. The third-order valence-corrected chi connectivity index (χ3v) is 4.92. The van der Waals surface area contributed by atoms with Gasteiger partial charge >= 0.3 is 0 Å². The van der Waals surface area contributed by atoms with E-state index in [1.54, 1.807) is 11.3 Å². The summed E-state index contributed by atoms with van der Waals surface area (Å²) in [7, 11) is 0. The molecule has 0 bridgehead atoms. The van der Waals surface area contributed by atoms with Crippen LogP contribution in [0.25, 0.3) is 0 Å². The Kier molecular flexibility index (Phi) is 3.69. The van der Waals surface area contributed by atoms with Crippen molar-refractivity contribution in [1.29, 1.82) is 0 Å². The van der Waals surface area contributed by atoms with Crippen molar-refractivity contribution in [2.75, 3.05) is 0 Å². The Balaban J connectivity index is 1.61. The van der Waals surface area contributed by atoms with E-state index in [1.165, 1.54) is 12.8 Å². The maximum atomic E-state index is 12.2. The minimum atomic E-state index is 0.150. The number of nitrogens with one attached hydrogen (secondary N) is 1. The van der Waals surface area contributed by atoms with Gasteiger partial charge in [-0.05, 0) is 44.4 Å². The highest BCUT2D eigenvalue weighted by Gasteiger charge is 2.35. The number of nitrogens with zero attached hydrogens (tertiary/aromatic N) is 1. The maximum Gasteiger partial charge on any atom is 0.221 e. The van der Waals surface area contributed by atoms with E-state index in [1.807, 2.05) is 6.92 Å². The van der Waals surface area contributed by atoms with Gasteiger partial charge in [-0.25, -0.2) is 4.98 Å². The zero-order valence-corrected chi connectivity index (χ0v) is 12.1. The summed E-state index contributed by atoms with van der Waals surface area (Å²) in [6, 6.07) is 0.150. The fraction of sp³-hybridized carbons (Fsp3) is 0.600. The van der Waals surface area contributed by atoms with Gasteiger partial charge in [0.15, 0.2) is 0 Å². The van der Waals surface area contributed by atoms with Crippen LogP contribution >= 0.6 is 11.3 Å². The summed E-state index contributed by atoms with van der Waals surface area (Å²) in [5.74, 6) is 1.23. The second-order valence-corrected chi connectivity index (χ2v) is 6.57. The van der Waals surface area contributed by atoms with Crippen LogP contribution in [0.1, 0.15) is 48.8 Å². The molecule has 102 valence electrons. The highest BCUT2D eigenvalue weighted by molar-refractivity contribution is 7.09. The molecule has 2 atom stereocenters. The Labute approximate surface area is 118 Å². The summed E-state index contributed by atoms with van der Waals surface area (Å²) in [5.41, 5.74) is 1.05. The predicted molar refractivity (Wildman–Crippen MR) is 76.9 cm³/mol. The van der Waals surface area contributed by atoms with Crippen LogP contribution in [-0.4, -0.2) is 10.9 Å². The maximum absolute atomic E-state index is 12.2. The molecule has 0 aromatic carbocycles. The summed E-state index contributed by atoms with van der Waals surface area (Å²) in [5, 5.41) is 6.36. The molecule has 1 heterocycles. The van der Waals surface area contributed by atoms with Gasteiger partial charge in [0.25, 0.3) is 0 Å². The van der Waals surface area contributed by atoms with Crippen molar-refractivity contribution < 1.29 is 4.79 Å². The minimum absolute atomic E-state index is 0.150. The number of allylic oxidation sites excluding steroid dienone is 2. The fourth-order valence-electron chi connectivity index (χ4n) is 2.66. The van der Waals surface area contributed by atoms with Gasteiger partial charge in [-0.2, -0.15) is 0 Å². The number of carbonyl (C=O) groups excluding carboxylic acids is 1. The number of hydrogen-bond donors (Lipinski definition) is 1. The quantitative estimate of drug-likeness (QED) is 0.838. The van der Waals surface area contributed by atoms with E-state index in [9.17, 15) is 4.79 Å². The van der Waals surface area contributed by atoms with Gasteiger partial charge in [0, 0.05) is 17.5 Å². The molecular formula is C15H20N2OS. The molecule has 1 aromatic rings. The zero-order chi connectivity index (χ0) is 13.2. The lowest BCUT2D eigenvalue weighted by molar-refractivity contribution is -0.122. The van der Waals surface area contributed by atoms with E-state index in [0.717, 1.165) is 23.5 Å². The molecule has 3 nitrogen and oxygen atoms in total. The molecule has 1 amide bonds. The van der Waals surface area contributed by atoms with Crippen LogP contribution in [-0.2, 0) is 4.79 Å². The monoisotopic (exact) mass is 276 g/mol. The highest BCUT2D eigenvalue weighted by Crippen LogP contribution is 2.42. The lowest BCUT2D eigenvalue weighted by Crippen LogP contribution is -2.30. The normalized spacial score (nSPS) is 23.5. The summed E-state index contributed by atoms with van der Waals surface area (Å²) in [6.07, 6.45) is 9.66. The molecule has 4 heteroatoms. The second-order valence-electron chi connectivity index (χ2n) is 5.68. The number of aromatic nitrogens is 1. The Bertz CT molecular complexity index is 490. The number of carbonyl (C=O) groups is 1. The summed E-state index contributed by atoms with van der Waals surface area (Å²) in [6.45, 7) is 2.01. The molecular weight excluding hydrogens is 256 g/mol. The van der Waals surface area contributed by atoms with Crippen LogP contribution in [0, 0.1) is 18.8 Å². The molecule has 1 N–H and O–H groups in total. The average Bonchev–Trinajstić information content (AvgIpc) is 2.93. The standard InChI is InChI=1S/C15H20N2OS/c1-10-9-19-15(16-10)14(12-6-7-12)17-13(18)8-11-4-2-3-5-11/h2,4,9,11-12,14H,3,5-8H2,1H3,(H,17,18)/t11-,14-/m0/s1. The molecule has 0 spiro atoms. The van der Waals surface area contributed by atoms with Crippen molar-refractivity contribution in [2.45, 2.75) is 45.1 Å². The smallest absolute Gasteiger partial charge is 0.221 e. The lowest BCUT2D eigenvalue weighted by atomic mass is 10.0. The van der Waals surface area contributed by atoms with Gasteiger partial charge in [-0.3, -0.25) is 4.79 Å². The number of thiazole rings is 1. The van der Waals surface area contributed by atoms with Crippen molar-refractivity contribution in [3.05, 3.63) is 28.2 Å². The first-order chi connectivity index (χ1) is 9.22. The Morgan fingerprint density at radius 3 is 2.95 bits per heavy atom. The van der Waals surface area contributed by atoms with E-state index >= 15 is 0 Å². The van der Waals surface area contributed by atoms with Crippen molar-refractivity contribution in [1.82, 2.24) is 10.3 Å². The largest absolute Gasteiger partial charge is 0.347 e. The first kappa shape index (κ1) is 12.9. The molecule has 0 aliphatic heterocycles. The van der Waals surface area contributed by atoms with Crippen LogP contribution in [0.3, 0.4) is 0 Å². The minimum Gasteiger partial charge on any atom is -0.347 e. The van der Waals surface area contributed by atoms with Gasteiger partial charge < -0.3 is 5.32 Å². The van der Waals surface area contributed by atoms with E-state index in [4.69, 9.17) is 0 Å². The Morgan fingerprint density at radius 2 is 2.37 bits per heavy atom. The molecule has 0 unspecified atom stereocenters. The summed E-state index contributed by atoms with van der Waals surface area (Å²) in [4.78, 5) is 16.7. The van der Waals surface area contributed by atoms with Gasteiger partial charge in [-0.15, -0.1) is 11.3 Å². The van der Waals surface area contributed by atoms with Crippen LogP contribution in [0.15, 0.2) is 17.5 Å². The van der Waals surface area contributed by atoms with Crippen molar-refractivity contribution in [3.63, 3.8) is 0 Å². The van der Waals surface area contributed by atoms with E-state index < -0.39 is 0 Å². The van der Waals surface area contributed by atoms with Crippen molar-refractivity contribution in [3.8, 4) is 0 Å². The molecule has 2 aliphatic rings. The number of rotatable bonds is 5. The number of hydrogen-bond acceptors (Lipinski definition) is 3. The molecule has 0 saturated heterocycles. The first-order valence-corrected chi connectivity index (χ1v) is 7.98. The molecule has 0 radical (unpaired) electrons. The van der Waals surface area contributed by atoms with Crippen molar-refractivity contribution >= 4 is 17.2 Å². The van der Waals surface area contributed by atoms with Crippen LogP contribution in [0.5, 0.6) is 0 Å². The first-order valence-electron chi connectivity index (χ1n) is 7.10. The number of amides is 1. The van der Waals surface area contributed by atoms with Gasteiger partial charge in [-0.1, -0.05) is 12.2 Å². The number of aryl methyl sites for hydroxylation is 1. The Hall–Kier alpha value is -1.16. The molecule has 1 fully saturated rings. The van der Waals surface area contributed by atoms with Gasteiger partial charge in [0.1, 0.15) is 5.01 Å². The predicted octanol–water partition coefficient (Wildman–Crippen LogP) is 3.38. The molecule has 1 aromatic heterocycles. The lowest BCUT2D eigenvalue weighted by Gasteiger charge is -2.17. The third-order valence-electron chi connectivity index (χ3n) is 3.87. The van der Waals surface area contributed by atoms with E-state index in [-0.39, 0.29) is 11.9 Å². The second kappa shape index (κ2) is 5.45. The van der Waals surface area contributed by atoms with Crippen LogP contribution in [0.2, 0.25) is 0 Å². The fourth-order valence-corrected chi connectivity index (χ4v) is 3.60. The van der Waals surface area contributed by atoms with Gasteiger partial charge in [0.05, 0.1) is 6.04 Å². The summed E-state index contributed by atoms with van der Waals surface area (Å²) < 4.78 is 0. The van der Waals surface area contributed by atoms with E-state index in [0.29, 0.717) is 18.3 Å². The molecule has 2 aliphatic carbocycles. The van der Waals surface area contributed by atoms with Gasteiger partial charge in [0.2, 0.25) is 5.91 Å². The Morgan fingerprint density at radius 1 is 1.53 bits per heavy atom. The highest BCUT2D eigenvalue weighted by atomic mass is 32.1. The average molecular weight is 276 g/mol. The SMILES string of the molecule is Cc1csc([C@@H](NC(=O)C[C@H]2C=CCC2)C2CC2)n1. The van der Waals surface area contributed by atoms with E-state index in [2.05, 4.69) is 27.8 Å². The van der Waals surface area contributed by atoms with Crippen molar-refractivity contribution in [2.24, 2.45) is 11.8 Å². The molecule has 1 saturated carbocycles.